The predicted molar refractivity (Wildman–Crippen MR) is 68.9 cm³/mol. The molecule has 0 spiro atoms. The maximum absolute atomic E-state index is 13.0. The molecule has 98 valence electrons. The Morgan fingerprint density at radius 1 is 1.11 bits per heavy atom. The molecule has 2 N–H and O–H groups in total. The fourth-order valence-electron chi connectivity index (χ4n) is 2.73. The van der Waals surface area contributed by atoms with Crippen LogP contribution in [-0.2, 0) is 6.42 Å². The molecule has 2 aromatic rings. The van der Waals surface area contributed by atoms with E-state index in [1.807, 2.05) is 0 Å². The highest BCUT2D eigenvalue weighted by atomic mass is 19.1. The van der Waals surface area contributed by atoms with Gasteiger partial charge in [0.2, 0.25) is 0 Å². The number of hydrogen-bond acceptors (Lipinski definition) is 2. The molecule has 3 rings (SSSR count). The van der Waals surface area contributed by atoms with E-state index >= 15 is 0 Å². The lowest BCUT2D eigenvalue weighted by Gasteiger charge is -2.24. The molecule has 0 saturated heterocycles. The number of nitrogens with one attached hydrogen (secondary N) is 2. The monoisotopic (exact) mass is 260 g/mol. The highest BCUT2D eigenvalue weighted by Gasteiger charge is 2.24. The van der Waals surface area contributed by atoms with Gasteiger partial charge in [0.15, 0.2) is 0 Å². The first-order valence-corrected chi connectivity index (χ1v) is 6.26. The maximum atomic E-state index is 13.0. The number of aromatic nitrogens is 2. The third-order valence-corrected chi connectivity index (χ3v) is 3.61. The van der Waals surface area contributed by atoms with Crippen molar-refractivity contribution >= 4 is 0 Å². The van der Waals surface area contributed by atoms with Crippen molar-refractivity contribution in [3.05, 3.63) is 67.7 Å². The Morgan fingerprint density at radius 2 is 1.84 bits per heavy atom. The lowest BCUT2D eigenvalue weighted by atomic mass is 9.82. The Morgan fingerprint density at radius 3 is 2.58 bits per heavy atom. The van der Waals surface area contributed by atoms with E-state index in [1.165, 1.54) is 12.1 Å². The molecule has 0 amide bonds. The molecule has 5 heteroatoms. The Kier molecular flexibility index (Phi) is 2.81. The molecule has 4 nitrogen and oxygen atoms in total. The molecule has 0 bridgehead atoms. The van der Waals surface area contributed by atoms with E-state index < -0.39 is 5.69 Å². The van der Waals surface area contributed by atoms with Crippen LogP contribution < -0.4 is 11.2 Å². The van der Waals surface area contributed by atoms with E-state index in [0.29, 0.717) is 17.7 Å². The van der Waals surface area contributed by atoms with Crippen molar-refractivity contribution in [3.8, 4) is 0 Å². The van der Waals surface area contributed by atoms with Crippen molar-refractivity contribution in [3.63, 3.8) is 0 Å². The van der Waals surface area contributed by atoms with Crippen molar-refractivity contribution in [2.45, 2.75) is 25.2 Å². The molecule has 0 aliphatic heterocycles. The summed E-state index contributed by atoms with van der Waals surface area (Å²) in [5, 5.41) is 0. The van der Waals surface area contributed by atoms with Gasteiger partial charge in [-0.25, -0.2) is 9.18 Å². The number of hydrogen-bond donors (Lipinski definition) is 2. The second kappa shape index (κ2) is 4.50. The molecule has 0 saturated carbocycles. The molecule has 0 fully saturated rings. The number of H-pyrrole nitrogens is 2. The first kappa shape index (κ1) is 11.9. The van der Waals surface area contributed by atoms with Gasteiger partial charge in [0.1, 0.15) is 5.82 Å². The zero-order valence-electron chi connectivity index (χ0n) is 10.2. The van der Waals surface area contributed by atoms with Crippen molar-refractivity contribution in [1.29, 1.82) is 0 Å². The fraction of sp³-hybridized carbons (Fsp3) is 0.286. The minimum Gasteiger partial charge on any atom is -0.310 e. The van der Waals surface area contributed by atoms with Crippen LogP contribution in [0.1, 0.15) is 35.6 Å². The molecular weight excluding hydrogens is 247 g/mol. The zero-order chi connectivity index (χ0) is 13.4. The SMILES string of the molecule is O=c1[nH]c2c(c(=O)[nH]1)CCCC2c1ccc(F)cc1. The van der Waals surface area contributed by atoms with Crippen LogP contribution in [0.2, 0.25) is 0 Å². The molecule has 1 aromatic carbocycles. The summed E-state index contributed by atoms with van der Waals surface area (Å²) in [6, 6.07) is 6.20. The smallest absolute Gasteiger partial charge is 0.310 e. The van der Waals surface area contributed by atoms with Crippen LogP contribution in [-0.4, -0.2) is 9.97 Å². The average molecular weight is 260 g/mol. The van der Waals surface area contributed by atoms with Crippen LogP contribution in [0.15, 0.2) is 33.9 Å². The zero-order valence-corrected chi connectivity index (χ0v) is 10.2. The standard InChI is InChI=1S/C14H13FN2O2/c15-9-6-4-8(5-7-9)10-2-1-3-11-12(10)16-14(19)17-13(11)18/h4-7,10H,1-3H2,(H2,16,17,18,19). The molecule has 1 heterocycles. The second-order valence-corrected chi connectivity index (χ2v) is 4.80. The van der Waals surface area contributed by atoms with Gasteiger partial charge in [-0.2, -0.15) is 0 Å². The van der Waals surface area contributed by atoms with Crippen molar-refractivity contribution in [2.24, 2.45) is 0 Å². The maximum Gasteiger partial charge on any atom is 0.325 e. The van der Waals surface area contributed by atoms with E-state index in [2.05, 4.69) is 9.97 Å². The van der Waals surface area contributed by atoms with Crippen LogP contribution in [0.5, 0.6) is 0 Å². The van der Waals surface area contributed by atoms with E-state index in [4.69, 9.17) is 0 Å². The van der Waals surface area contributed by atoms with E-state index in [-0.39, 0.29) is 17.3 Å². The topological polar surface area (TPSA) is 65.7 Å². The van der Waals surface area contributed by atoms with Crippen LogP contribution in [0.3, 0.4) is 0 Å². The summed E-state index contributed by atoms with van der Waals surface area (Å²) in [5.74, 6) is -0.335. The van der Waals surface area contributed by atoms with Crippen LogP contribution >= 0.6 is 0 Å². The Bertz CT molecular complexity index is 715. The molecule has 1 aromatic heterocycles. The third-order valence-electron chi connectivity index (χ3n) is 3.61. The quantitative estimate of drug-likeness (QED) is 0.819. The first-order valence-electron chi connectivity index (χ1n) is 6.26. The van der Waals surface area contributed by atoms with Crippen molar-refractivity contribution in [1.82, 2.24) is 9.97 Å². The van der Waals surface area contributed by atoms with Gasteiger partial charge >= 0.3 is 5.69 Å². The van der Waals surface area contributed by atoms with Gasteiger partial charge in [-0.1, -0.05) is 12.1 Å². The van der Waals surface area contributed by atoms with Gasteiger partial charge in [0.25, 0.3) is 5.56 Å². The van der Waals surface area contributed by atoms with Gasteiger partial charge in [-0.05, 0) is 37.0 Å². The number of rotatable bonds is 1. The normalized spacial score (nSPS) is 18.1. The lowest BCUT2D eigenvalue weighted by Crippen LogP contribution is -2.31. The highest BCUT2D eigenvalue weighted by Crippen LogP contribution is 2.33. The summed E-state index contributed by atoms with van der Waals surface area (Å²) >= 11 is 0. The molecule has 0 radical (unpaired) electrons. The van der Waals surface area contributed by atoms with Crippen LogP contribution in [0, 0.1) is 5.82 Å². The predicted octanol–water partition coefficient (Wildman–Crippen LogP) is 1.67. The minimum atomic E-state index is -0.488. The second-order valence-electron chi connectivity index (χ2n) is 4.80. The number of aromatic amines is 2. The summed E-state index contributed by atoms with van der Waals surface area (Å²) in [5.41, 5.74) is 1.43. The van der Waals surface area contributed by atoms with Gasteiger partial charge in [-0.15, -0.1) is 0 Å². The highest BCUT2D eigenvalue weighted by molar-refractivity contribution is 5.34. The van der Waals surface area contributed by atoms with Crippen LogP contribution in [0.4, 0.5) is 4.39 Å². The van der Waals surface area contributed by atoms with Gasteiger partial charge < -0.3 is 4.98 Å². The Labute approximate surface area is 108 Å². The summed E-state index contributed by atoms with van der Waals surface area (Å²) in [6.45, 7) is 0. The lowest BCUT2D eigenvalue weighted by molar-refractivity contribution is 0.583. The Balaban J connectivity index is 2.15. The summed E-state index contributed by atoms with van der Waals surface area (Å²) in [7, 11) is 0. The largest absolute Gasteiger partial charge is 0.325 e. The van der Waals surface area contributed by atoms with E-state index in [1.54, 1.807) is 12.1 Å². The minimum absolute atomic E-state index is 0.0423. The Hall–Kier alpha value is -2.17. The molecule has 1 unspecified atom stereocenters. The molecule has 1 aliphatic rings. The van der Waals surface area contributed by atoms with Gasteiger partial charge in [0, 0.05) is 17.2 Å². The summed E-state index contributed by atoms with van der Waals surface area (Å²) < 4.78 is 13.0. The third kappa shape index (κ3) is 2.12. The average Bonchev–Trinajstić information content (AvgIpc) is 2.39. The molecule has 1 atom stereocenters. The molecule has 1 aliphatic carbocycles. The van der Waals surface area contributed by atoms with Crippen molar-refractivity contribution < 1.29 is 4.39 Å². The summed E-state index contributed by atoms with van der Waals surface area (Å²) in [4.78, 5) is 28.2. The molecular formula is C14H13FN2O2. The summed E-state index contributed by atoms with van der Waals surface area (Å²) in [6.07, 6.45) is 2.39. The number of halogens is 1. The van der Waals surface area contributed by atoms with Gasteiger partial charge in [-0.3, -0.25) is 9.78 Å². The van der Waals surface area contributed by atoms with Crippen LogP contribution in [0.25, 0.3) is 0 Å². The number of benzene rings is 1. The molecule has 19 heavy (non-hydrogen) atoms. The number of fused-ring (bicyclic) bond motifs is 1. The first-order chi connectivity index (χ1) is 9.15. The van der Waals surface area contributed by atoms with Gasteiger partial charge in [0.05, 0.1) is 0 Å². The van der Waals surface area contributed by atoms with Crippen molar-refractivity contribution in [2.75, 3.05) is 0 Å². The fourth-order valence-corrected chi connectivity index (χ4v) is 2.73. The van der Waals surface area contributed by atoms with E-state index in [9.17, 15) is 14.0 Å². The van der Waals surface area contributed by atoms with E-state index in [0.717, 1.165) is 18.4 Å².